The molecule has 3 N–H and O–H groups in total. The van der Waals surface area contributed by atoms with E-state index in [1.165, 1.54) is 0 Å². The molecule has 1 aliphatic heterocycles. The van der Waals surface area contributed by atoms with E-state index in [9.17, 15) is 22.8 Å². The van der Waals surface area contributed by atoms with Crippen molar-refractivity contribution in [2.24, 2.45) is 11.8 Å². The highest BCUT2D eigenvalue weighted by Gasteiger charge is 2.42. The number of aliphatic carboxylic acids is 2. The van der Waals surface area contributed by atoms with Crippen LogP contribution < -0.4 is 4.72 Å². The number of carboxylic acids is 2. The van der Waals surface area contributed by atoms with Crippen molar-refractivity contribution in [2.75, 3.05) is 20.2 Å². The third kappa shape index (κ3) is 3.57. The molecule has 114 valence electrons. The van der Waals surface area contributed by atoms with Crippen molar-refractivity contribution in [3.05, 3.63) is 0 Å². The Hall–Kier alpha value is -1.88. The molecule has 0 aliphatic carbocycles. The minimum atomic E-state index is -4.26. The maximum absolute atomic E-state index is 11.8. The minimum absolute atomic E-state index is 0.158. The van der Waals surface area contributed by atoms with Crippen LogP contribution in [0.15, 0.2) is 0 Å². The highest BCUT2D eigenvalue weighted by molar-refractivity contribution is 7.87. The van der Waals surface area contributed by atoms with Gasteiger partial charge in [-0.05, 0) is 6.42 Å². The number of nitrogens with one attached hydrogen (secondary N) is 1. The number of carboxylic acid groups (broad SMARTS) is 2. The molecule has 20 heavy (non-hydrogen) atoms. The van der Waals surface area contributed by atoms with Crippen molar-refractivity contribution in [1.82, 2.24) is 9.03 Å². The molecule has 1 saturated heterocycles. The summed E-state index contributed by atoms with van der Waals surface area (Å²) >= 11 is 0. The highest BCUT2D eigenvalue weighted by Crippen LogP contribution is 2.25. The number of nitrogens with zero attached hydrogens (tertiary/aromatic N) is 1. The van der Waals surface area contributed by atoms with E-state index >= 15 is 0 Å². The maximum Gasteiger partial charge on any atom is 0.421 e. The van der Waals surface area contributed by atoms with Crippen molar-refractivity contribution in [3.8, 4) is 0 Å². The van der Waals surface area contributed by atoms with Gasteiger partial charge in [0.2, 0.25) is 0 Å². The predicted octanol–water partition coefficient (Wildman–Crippen LogP) is -1.31. The summed E-state index contributed by atoms with van der Waals surface area (Å²) in [7, 11) is -3.28. The second kappa shape index (κ2) is 6.05. The maximum atomic E-state index is 11.8. The van der Waals surface area contributed by atoms with E-state index in [0.29, 0.717) is 4.31 Å². The van der Waals surface area contributed by atoms with E-state index in [2.05, 4.69) is 4.74 Å². The van der Waals surface area contributed by atoms with Crippen LogP contribution in [0.2, 0.25) is 0 Å². The first-order valence-electron chi connectivity index (χ1n) is 5.50. The van der Waals surface area contributed by atoms with Crippen molar-refractivity contribution in [3.63, 3.8) is 0 Å². The van der Waals surface area contributed by atoms with Gasteiger partial charge in [-0.15, -0.1) is 0 Å². The fourth-order valence-corrected chi connectivity index (χ4v) is 3.02. The Morgan fingerprint density at radius 2 is 1.75 bits per heavy atom. The molecule has 10 nitrogen and oxygen atoms in total. The normalized spacial score (nSPS) is 23.9. The quantitative estimate of drug-likeness (QED) is 0.579. The third-order valence-electron chi connectivity index (χ3n) is 2.95. The topological polar surface area (TPSA) is 150 Å². The van der Waals surface area contributed by atoms with Crippen LogP contribution in [-0.2, 0) is 24.5 Å². The van der Waals surface area contributed by atoms with Crippen LogP contribution in [-0.4, -0.2) is 61.2 Å². The lowest BCUT2D eigenvalue weighted by Gasteiger charge is -2.33. The first-order valence-corrected chi connectivity index (χ1v) is 6.94. The minimum Gasteiger partial charge on any atom is -0.481 e. The summed E-state index contributed by atoms with van der Waals surface area (Å²) in [6.45, 7) is -0.730. The Morgan fingerprint density at radius 3 is 2.20 bits per heavy atom. The molecule has 0 aromatic rings. The van der Waals surface area contributed by atoms with Crippen LogP contribution in [0, 0.1) is 11.8 Å². The van der Waals surface area contributed by atoms with Gasteiger partial charge < -0.3 is 14.9 Å². The zero-order valence-corrected chi connectivity index (χ0v) is 11.3. The van der Waals surface area contributed by atoms with Crippen molar-refractivity contribution in [2.45, 2.75) is 6.42 Å². The van der Waals surface area contributed by atoms with Gasteiger partial charge in [0, 0.05) is 13.1 Å². The predicted molar refractivity (Wildman–Crippen MR) is 62.9 cm³/mol. The Balaban J connectivity index is 2.88. The van der Waals surface area contributed by atoms with Gasteiger partial charge in [0.15, 0.2) is 0 Å². The van der Waals surface area contributed by atoms with Crippen LogP contribution in [0.5, 0.6) is 0 Å². The second-order valence-corrected chi connectivity index (χ2v) is 5.81. The van der Waals surface area contributed by atoms with Gasteiger partial charge in [0.05, 0.1) is 18.9 Å². The number of methoxy groups -OCH3 is 1. The molecule has 0 radical (unpaired) electrons. The van der Waals surface area contributed by atoms with E-state index in [0.717, 1.165) is 7.11 Å². The lowest BCUT2D eigenvalue weighted by molar-refractivity contribution is -0.156. The van der Waals surface area contributed by atoms with Gasteiger partial charge in [-0.25, -0.2) is 9.52 Å². The first-order chi connectivity index (χ1) is 9.19. The van der Waals surface area contributed by atoms with Crippen molar-refractivity contribution in [1.29, 1.82) is 0 Å². The fourth-order valence-electron chi connectivity index (χ4n) is 1.90. The Bertz CT molecular complexity index is 516. The molecule has 1 fully saturated rings. The molecule has 11 heteroatoms. The SMILES string of the molecule is COC(=O)NS(=O)(=O)N1CCC(C(=O)O)C(C(=O)O)C1. The molecule has 0 spiro atoms. The monoisotopic (exact) mass is 310 g/mol. The average Bonchev–Trinajstić information content (AvgIpc) is 2.37. The van der Waals surface area contributed by atoms with Crippen LogP contribution in [0.25, 0.3) is 0 Å². The Labute approximate surface area is 114 Å². The molecule has 2 unspecified atom stereocenters. The van der Waals surface area contributed by atoms with E-state index in [4.69, 9.17) is 10.2 Å². The molecule has 1 rings (SSSR count). The molecule has 0 aromatic carbocycles. The van der Waals surface area contributed by atoms with Crippen molar-refractivity contribution < 1.29 is 37.8 Å². The highest BCUT2D eigenvalue weighted by atomic mass is 32.2. The number of carbonyl (C=O) groups is 3. The van der Waals surface area contributed by atoms with Crippen molar-refractivity contribution >= 4 is 28.2 Å². The number of piperidine rings is 1. The van der Waals surface area contributed by atoms with Crippen LogP contribution in [0.4, 0.5) is 4.79 Å². The van der Waals surface area contributed by atoms with Gasteiger partial charge in [-0.1, -0.05) is 0 Å². The average molecular weight is 310 g/mol. The molecular weight excluding hydrogens is 296 g/mol. The van der Waals surface area contributed by atoms with E-state index < -0.39 is 46.6 Å². The summed E-state index contributed by atoms with van der Waals surface area (Å²) in [6, 6.07) is 0. The first kappa shape index (κ1) is 16.2. The van der Waals surface area contributed by atoms with Crippen LogP contribution >= 0.6 is 0 Å². The van der Waals surface area contributed by atoms with Gasteiger partial charge in [0.1, 0.15) is 0 Å². The number of ether oxygens (including phenoxy) is 1. The molecule has 1 aliphatic rings. The summed E-state index contributed by atoms with van der Waals surface area (Å²) in [6.07, 6.45) is -1.37. The van der Waals surface area contributed by atoms with E-state index in [1.54, 1.807) is 4.72 Å². The molecule has 1 heterocycles. The molecule has 1 amide bonds. The number of amides is 1. The zero-order valence-electron chi connectivity index (χ0n) is 10.5. The van der Waals surface area contributed by atoms with E-state index in [1.807, 2.05) is 0 Å². The van der Waals surface area contributed by atoms with Crippen LogP contribution in [0.3, 0.4) is 0 Å². The van der Waals surface area contributed by atoms with Gasteiger partial charge in [-0.3, -0.25) is 9.59 Å². The largest absolute Gasteiger partial charge is 0.481 e. The zero-order chi connectivity index (χ0) is 15.5. The Morgan fingerprint density at radius 1 is 1.20 bits per heavy atom. The number of rotatable bonds is 4. The fraction of sp³-hybridized carbons (Fsp3) is 0.667. The summed E-state index contributed by atoms with van der Waals surface area (Å²) in [5.74, 6) is -5.25. The molecular formula is C9H14N2O8S. The number of hydrogen-bond donors (Lipinski definition) is 3. The van der Waals surface area contributed by atoms with Gasteiger partial charge in [0.25, 0.3) is 0 Å². The molecule has 0 saturated carbocycles. The number of hydrogen-bond acceptors (Lipinski definition) is 6. The lowest BCUT2D eigenvalue weighted by Crippen LogP contribution is -2.52. The number of carbonyl (C=O) groups excluding carboxylic acids is 1. The van der Waals surface area contributed by atoms with Gasteiger partial charge >= 0.3 is 28.2 Å². The summed E-state index contributed by atoms with van der Waals surface area (Å²) in [5, 5.41) is 17.9. The smallest absolute Gasteiger partial charge is 0.421 e. The summed E-state index contributed by atoms with van der Waals surface area (Å²) < 4.78 is 30.0. The van der Waals surface area contributed by atoms with Gasteiger partial charge in [-0.2, -0.15) is 12.7 Å². The molecule has 2 atom stereocenters. The summed E-state index contributed by atoms with van der Waals surface area (Å²) in [5.41, 5.74) is 0. The standard InChI is InChI=1S/C9H14N2O8S/c1-19-9(16)10-20(17,18)11-3-2-5(7(12)13)6(4-11)8(14)15/h5-6H,2-4H2,1H3,(H,10,16)(H,12,13)(H,14,15). The van der Waals surface area contributed by atoms with Crippen LogP contribution in [0.1, 0.15) is 6.42 Å². The second-order valence-electron chi connectivity index (χ2n) is 4.13. The molecule has 0 bridgehead atoms. The third-order valence-corrected chi connectivity index (χ3v) is 4.38. The molecule has 0 aromatic heterocycles. The Kier molecular flexibility index (Phi) is 4.89. The lowest BCUT2D eigenvalue weighted by atomic mass is 9.86. The van der Waals surface area contributed by atoms with E-state index in [-0.39, 0.29) is 13.0 Å². The summed E-state index contributed by atoms with van der Waals surface area (Å²) in [4.78, 5) is 32.9.